The minimum Gasteiger partial charge on any atom is -0.327 e. The number of nitro benzene ring substituents is 1. The molecule has 1 rings (SSSR count). The molecule has 0 aliphatic rings. The molecule has 1 aromatic carbocycles. The van der Waals surface area contributed by atoms with Gasteiger partial charge >= 0.3 is 0 Å². The van der Waals surface area contributed by atoms with Gasteiger partial charge in [0.1, 0.15) is 0 Å². The number of nitrogens with one attached hydrogen (secondary N) is 1. The van der Waals surface area contributed by atoms with Gasteiger partial charge in [-0.25, -0.2) is 13.1 Å². The number of rotatable bonds is 6. The van der Waals surface area contributed by atoms with E-state index >= 15 is 0 Å². The van der Waals surface area contributed by atoms with Gasteiger partial charge in [0.15, 0.2) is 0 Å². The third-order valence-corrected chi connectivity index (χ3v) is 3.45. The van der Waals surface area contributed by atoms with Crippen molar-refractivity contribution < 1.29 is 13.3 Å². The zero-order valence-corrected chi connectivity index (χ0v) is 10.7. The summed E-state index contributed by atoms with van der Waals surface area (Å²) in [7, 11) is -3.46. The fraction of sp³-hybridized carbons (Fsp3) is 0.400. The number of sulfonamides is 1. The molecular weight excluding hydrogens is 258 g/mol. The molecule has 18 heavy (non-hydrogen) atoms. The maximum atomic E-state index is 11.6. The molecular formula is C10H15N3O4S. The minimum absolute atomic E-state index is 0.0697. The Morgan fingerprint density at radius 3 is 2.39 bits per heavy atom. The smallest absolute Gasteiger partial charge is 0.269 e. The van der Waals surface area contributed by atoms with Crippen LogP contribution in [0.15, 0.2) is 24.3 Å². The topological polar surface area (TPSA) is 115 Å². The number of nitrogens with zero attached hydrogens (tertiary/aromatic N) is 1. The van der Waals surface area contributed by atoms with Crippen LogP contribution in [0, 0.1) is 10.1 Å². The number of hydrogen-bond donors (Lipinski definition) is 2. The normalized spacial score (nSPS) is 13.2. The summed E-state index contributed by atoms with van der Waals surface area (Å²) in [4.78, 5) is 9.90. The van der Waals surface area contributed by atoms with E-state index in [0.29, 0.717) is 5.56 Å². The summed E-state index contributed by atoms with van der Waals surface area (Å²) in [6.45, 7) is 1.85. The average Bonchev–Trinajstić information content (AvgIpc) is 2.27. The Balaban J connectivity index is 2.69. The van der Waals surface area contributed by atoms with Gasteiger partial charge in [0.25, 0.3) is 5.69 Å². The Labute approximate surface area is 105 Å². The minimum atomic E-state index is -3.46. The van der Waals surface area contributed by atoms with Gasteiger partial charge in [0.05, 0.1) is 10.7 Å². The van der Waals surface area contributed by atoms with Gasteiger partial charge in [-0.1, -0.05) is 12.1 Å². The second kappa shape index (κ2) is 5.89. The SMILES string of the molecule is CC(N)CNS(=O)(=O)Cc1ccc([N+](=O)[O-])cc1. The predicted octanol–water partition coefficient (Wildman–Crippen LogP) is 0.361. The van der Waals surface area contributed by atoms with Gasteiger partial charge in [-0.2, -0.15) is 0 Å². The molecule has 0 spiro atoms. The van der Waals surface area contributed by atoms with E-state index in [-0.39, 0.29) is 24.0 Å². The molecule has 0 saturated heterocycles. The van der Waals surface area contributed by atoms with Crippen LogP contribution in [0.5, 0.6) is 0 Å². The van der Waals surface area contributed by atoms with Crippen LogP contribution in [0.4, 0.5) is 5.69 Å². The van der Waals surface area contributed by atoms with Crippen LogP contribution in [-0.2, 0) is 15.8 Å². The molecule has 0 aliphatic heterocycles. The summed E-state index contributed by atoms with van der Waals surface area (Å²) in [5.74, 6) is -0.224. The second-order valence-corrected chi connectivity index (χ2v) is 5.82. The highest BCUT2D eigenvalue weighted by Gasteiger charge is 2.13. The highest BCUT2D eigenvalue weighted by molar-refractivity contribution is 7.88. The molecule has 0 heterocycles. The lowest BCUT2D eigenvalue weighted by atomic mass is 10.2. The van der Waals surface area contributed by atoms with Crippen molar-refractivity contribution >= 4 is 15.7 Å². The molecule has 1 aromatic rings. The number of hydrogen-bond acceptors (Lipinski definition) is 5. The molecule has 1 atom stereocenters. The van der Waals surface area contributed by atoms with Crippen LogP contribution in [0.2, 0.25) is 0 Å². The van der Waals surface area contributed by atoms with Crippen LogP contribution in [0.1, 0.15) is 12.5 Å². The molecule has 100 valence electrons. The molecule has 3 N–H and O–H groups in total. The summed E-state index contributed by atoms with van der Waals surface area (Å²) in [5, 5.41) is 10.4. The van der Waals surface area contributed by atoms with Crippen LogP contribution in [0.25, 0.3) is 0 Å². The summed E-state index contributed by atoms with van der Waals surface area (Å²) >= 11 is 0. The maximum absolute atomic E-state index is 11.6. The van der Waals surface area contributed by atoms with E-state index in [2.05, 4.69) is 4.72 Å². The molecule has 0 fully saturated rings. The maximum Gasteiger partial charge on any atom is 0.269 e. The van der Waals surface area contributed by atoms with Crippen LogP contribution < -0.4 is 10.5 Å². The summed E-state index contributed by atoms with van der Waals surface area (Å²) in [6, 6.07) is 5.12. The van der Waals surface area contributed by atoms with Crippen molar-refractivity contribution in [2.75, 3.05) is 6.54 Å². The average molecular weight is 273 g/mol. The van der Waals surface area contributed by atoms with Crippen molar-refractivity contribution in [3.05, 3.63) is 39.9 Å². The van der Waals surface area contributed by atoms with Gasteiger partial charge < -0.3 is 5.73 Å². The summed E-state index contributed by atoms with van der Waals surface area (Å²) in [6.07, 6.45) is 0. The van der Waals surface area contributed by atoms with Gasteiger partial charge in [0.2, 0.25) is 10.0 Å². The predicted molar refractivity (Wildman–Crippen MR) is 67.4 cm³/mol. The van der Waals surface area contributed by atoms with E-state index < -0.39 is 14.9 Å². The Bertz CT molecular complexity index is 510. The Morgan fingerprint density at radius 2 is 1.94 bits per heavy atom. The first-order valence-electron chi connectivity index (χ1n) is 5.26. The molecule has 0 amide bonds. The number of nitrogens with two attached hydrogens (primary N) is 1. The van der Waals surface area contributed by atoms with Crippen molar-refractivity contribution in [1.82, 2.24) is 4.72 Å². The van der Waals surface area contributed by atoms with E-state index in [9.17, 15) is 18.5 Å². The number of non-ortho nitro benzene ring substituents is 1. The van der Waals surface area contributed by atoms with Crippen LogP contribution in [0.3, 0.4) is 0 Å². The lowest BCUT2D eigenvalue weighted by Crippen LogP contribution is -2.35. The van der Waals surface area contributed by atoms with Crippen molar-refractivity contribution in [3.63, 3.8) is 0 Å². The fourth-order valence-corrected chi connectivity index (χ4v) is 2.49. The van der Waals surface area contributed by atoms with Crippen molar-refractivity contribution in [1.29, 1.82) is 0 Å². The summed E-state index contributed by atoms with van der Waals surface area (Å²) in [5.41, 5.74) is 5.86. The first-order valence-corrected chi connectivity index (χ1v) is 6.91. The Hall–Kier alpha value is -1.51. The molecule has 0 bridgehead atoms. The lowest BCUT2D eigenvalue weighted by molar-refractivity contribution is -0.384. The lowest BCUT2D eigenvalue weighted by Gasteiger charge is -2.08. The van der Waals surface area contributed by atoms with E-state index in [1.807, 2.05) is 0 Å². The first kappa shape index (κ1) is 14.6. The molecule has 7 nitrogen and oxygen atoms in total. The third kappa shape index (κ3) is 4.78. The number of nitro groups is 1. The van der Waals surface area contributed by atoms with E-state index in [0.717, 1.165) is 0 Å². The van der Waals surface area contributed by atoms with Crippen molar-refractivity contribution in [2.24, 2.45) is 5.73 Å². The highest BCUT2D eigenvalue weighted by atomic mass is 32.2. The molecule has 0 radical (unpaired) electrons. The molecule has 0 aromatic heterocycles. The van der Waals surface area contributed by atoms with E-state index in [1.54, 1.807) is 6.92 Å². The standard InChI is InChI=1S/C10H15N3O4S/c1-8(11)6-12-18(16,17)7-9-2-4-10(5-3-9)13(14)15/h2-5,8,12H,6-7,11H2,1H3. The summed E-state index contributed by atoms with van der Waals surface area (Å²) < 4.78 is 25.6. The zero-order chi connectivity index (χ0) is 13.8. The number of benzene rings is 1. The van der Waals surface area contributed by atoms with Gasteiger partial charge in [-0.15, -0.1) is 0 Å². The third-order valence-electron chi connectivity index (χ3n) is 2.13. The Kier molecular flexibility index (Phi) is 4.76. The van der Waals surface area contributed by atoms with Gasteiger partial charge in [0, 0.05) is 24.7 Å². The second-order valence-electron chi connectivity index (χ2n) is 4.01. The highest BCUT2D eigenvalue weighted by Crippen LogP contribution is 2.13. The van der Waals surface area contributed by atoms with Crippen molar-refractivity contribution in [2.45, 2.75) is 18.7 Å². The van der Waals surface area contributed by atoms with Crippen LogP contribution in [-0.4, -0.2) is 25.9 Å². The monoisotopic (exact) mass is 273 g/mol. The fourth-order valence-electron chi connectivity index (χ4n) is 1.24. The molecule has 0 saturated carbocycles. The quantitative estimate of drug-likeness (QED) is 0.573. The molecule has 0 aliphatic carbocycles. The largest absolute Gasteiger partial charge is 0.327 e. The van der Waals surface area contributed by atoms with Gasteiger partial charge in [-0.3, -0.25) is 10.1 Å². The molecule has 1 unspecified atom stereocenters. The van der Waals surface area contributed by atoms with E-state index in [4.69, 9.17) is 5.73 Å². The molecule has 8 heteroatoms. The van der Waals surface area contributed by atoms with Gasteiger partial charge in [-0.05, 0) is 12.5 Å². The first-order chi connectivity index (χ1) is 8.30. The van der Waals surface area contributed by atoms with E-state index in [1.165, 1.54) is 24.3 Å². The Morgan fingerprint density at radius 1 is 1.39 bits per heavy atom. The zero-order valence-electron chi connectivity index (χ0n) is 9.87. The van der Waals surface area contributed by atoms with Crippen LogP contribution >= 0.6 is 0 Å². The van der Waals surface area contributed by atoms with Crippen molar-refractivity contribution in [3.8, 4) is 0 Å².